The number of halogens is 2. The van der Waals surface area contributed by atoms with Gasteiger partial charge in [0.1, 0.15) is 0 Å². The molecule has 1 aliphatic carbocycles. The van der Waals surface area contributed by atoms with E-state index in [1.165, 1.54) is 6.42 Å². The molecule has 1 aliphatic rings. The van der Waals surface area contributed by atoms with Crippen LogP contribution in [0.15, 0.2) is 14.3 Å². The fraction of sp³-hybridized carbons (Fsp3) is 0.600. The van der Waals surface area contributed by atoms with Gasteiger partial charge in [-0.15, -0.1) is 11.3 Å². The monoisotopic (exact) mass is 338 g/mol. The summed E-state index contributed by atoms with van der Waals surface area (Å²) in [6, 6.07) is 2.04. The van der Waals surface area contributed by atoms with E-state index < -0.39 is 5.60 Å². The van der Waals surface area contributed by atoms with Crippen LogP contribution in [0.1, 0.15) is 37.0 Å². The third-order valence-electron chi connectivity index (χ3n) is 2.78. The summed E-state index contributed by atoms with van der Waals surface area (Å²) < 4.78 is 2.13. The summed E-state index contributed by atoms with van der Waals surface area (Å²) in [4.78, 5) is 1.09. The Balaban J connectivity index is 2.28. The van der Waals surface area contributed by atoms with Crippen LogP contribution in [0.2, 0.25) is 0 Å². The van der Waals surface area contributed by atoms with Gasteiger partial charge in [-0.25, -0.2) is 0 Å². The van der Waals surface area contributed by atoms with Gasteiger partial charge in [0.2, 0.25) is 0 Å². The molecule has 0 unspecified atom stereocenters. The molecular weight excluding hydrogens is 328 g/mol. The summed E-state index contributed by atoms with van der Waals surface area (Å²) in [5.74, 6) is 0. The summed E-state index contributed by atoms with van der Waals surface area (Å²) in [5.41, 5.74) is -0.558. The number of hydrogen-bond donors (Lipinski definition) is 1. The quantitative estimate of drug-likeness (QED) is 0.802. The van der Waals surface area contributed by atoms with Crippen molar-refractivity contribution < 1.29 is 5.11 Å². The lowest BCUT2D eigenvalue weighted by atomic mass is 9.84. The van der Waals surface area contributed by atoms with Gasteiger partial charge in [0.25, 0.3) is 0 Å². The van der Waals surface area contributed by atoms with Gasteiger partial charge in [0, 0.05) is 9.35 Å². The van der Waals surface area contributed by atoms with Crippen molar-refractivity contribution in [3.05, 3.63) is 19.2 Å². The Kier molecular flexibility index (Phi) is 3.37. The summed E-state index contributed by atoms with van der Waals surface area (Å²) >= 11 is 8.57. The van der Waals surface area contributed by atoms with E-state index in [4.69, 9.17) is 0 Å². The van der Waals surface area contributed by atoms with E-state index in [0.29, 0.717) is 0 Å². The molecule has 1 N–H and O–H groups in total. The fourth-order valence-electron chi connectivity index (χ4n) is 1.96. The van der Waals surface area contributed by atoms with Crippen LogP contribution in [-0.4, -0.2) is 5.11 Å². The Labute approximate surface area is 105 Å². The highest BCUT2D eigenvalue weighted by Gasteiger charge is 2.33. The third kappa shape index (κ3) is 2.08. The van der Waals surface area contributed by atoms with Gasteiger partial charge < -0.3 is 5.11 Å². The van der Waals surface area contributed by atoms with Crippen LogP contribution in [0.25, 0.3) is 0 Å². The Hall–Kier alpha value is 0.620. The Morgan fingerprint density at radius 1 is 1.21 bits per heavy atom. The molecule has 0 bridgehead atoms. The zero-order chi connectivity index (χ0) is 10.2. The fourth-order valence-corrected chi connectivity index (χ4v) is 4.14. The van der Waals surface area contributed by atoms with Crippen LogP contribution >= 0.6 is 43.2 Å². The maximum atomic E-state index is 10.4. The van der Waals surface area contributed by atoms with Crippen LogP contribution in [0, 0.1) is 0 Å². The minimum Gasteiger partial charge on any atom is -0.384 e. The summed E-state index contributed by atoms with van der Waals surface area (Å²) in [6.07, 6.45) is 5.36. The predicted octanol–water partition coefficient (Wildman–Crippen LogP) is 4.42. The highest BCUT2D eigenvalue weighted by atomic mass is 79.9. The molecule has 1 aromatic rings. The lowest BCUT2D eigenvalue weighted by Gasteiger charge is -2.30. The van der Waals surface area contributed by atoms with E-state index >= 15 is 0 Å². The van der Waals surface area contributed by atoms with Crippen molar-refractivity contribution >= 4 is 43.2 Å². The molecule has 1 aromatic heterocycles. The van der Waals surface area contributed by atoms with Crippen molar-refractivity contribution in [3.8, 4) is 0 Å². The zero-order valence-corrected chi connectivity index (χ0v) is 11.7. The molecular formula is C10H12Br2OS. The van der Waals surface area contributed by atoms with Gasteiger partial charge in [-0.05, 0) is 50.8 Å². The summed E-state index contributed by atoms with van der Waals surface area (Å²) in [5, 5.41) is 10.4. The topological polar surface area (TPSA) is 20.2 Å². The molecule has 1 saturated carbocycles. The van der Waals surface area contributed by atoms with Gasteiger partial charge in [-0.3, -0.25) is 0 Å². The van der Waals surface area contributed by atoms with E-state index in [0.717, 1.165) is 38.8 Å². The molecule has 0 saturated heterocycles. The van der Waals surface area contributed by atoms with Crippen molar-refractivity contribution in [2.75, 3.05) is 0 Å². The Bertz CT molecular complexity index is 309. The molecule has 0 amide bonds. The maximum absolute atomic E-state index is 10.4. The van der Waals surface area contributed by atoms with Crippen LogP contribution in [0.4, 0.5) is 0 Å². The highest BCUT2D eigenvalue weighted by molar-refractivity contribution is 9.13. The average Bonchev–Trinajstić information content (AvgIpc) is 2.49. The van der Waals surface area contributed by atoms with Gasteiger partial charge in [-0.1, -0.05) is 19.3 Å². The molecule has 0 radical (unpaired) electrons. The second-order valence-electron chi connectivity index (χ2n) is 3.82. The van der Waals surface area contributed by atoms with Crippen molar-refractivity contribution in [1.29, 1.82) is 0 Å². The number of aliphatic hydroxyl groups is 1. The normalized spacial score (nSPS) is 21.1. The molecule has 0 atom stereocenters. The van der Waals surface area contributed by atoms with Crippen molar-refractivity contribution in [1.82, 2.24) is 0 Å². The van der Waals surface area contributed by atoms with E-state index in [9.17, 15) is 5.11 Å². The van der Waals surface area contributed by atoms with Crippen LogP contribution in [-0.2, 0) is 5.60 Å². The van der Waals surface area contributed by atoms with Crippen LogP contribution in [0.3, 0.4) is 0 Å². The second kappa shape index (κ2) is 4.24. The Morgan fingerprint density at radius 2 is 1.86 bits per heavy atom. The van der Waals surface area contributed by atoms with E-state index in [1.807, 2.05) is 6.07 Å². The van der Waals surface area contributed by atoms with Gasteiger partial charge in [0.15, 0.2) is 0 Å². The SMILES string of the molecule is OC1(c2cc(Br)c(Br)s2)CCCCC1. The highest BCUT2D eigenvalue weighted by Crippen LogP contribution is 2.44. The van der Waals surface area contributed by atoms with Crippen molar-refractivity contribution in [3.63, 3.8) is 0 Å². The first-order valence-corrected chi connectivity index (χ1v) is 7.20. The van der Waals surface area contributed by atoms with E-state index in [2.05, 4.69) is 31.9 Å². The largest absolute Gasteiger partial charge is 0.384 e. The first kappa shape index (κ1) is 11.1. The standard InChI is InChI=1S/C10H12Br2OS/c11-7-6-8(14-9(7)12)10(13)4-2-1-3-5-10/h6,13H,1-5H2. The molecule has 4 heteroatoms. The molecule has 1 nitrogen and oxygen atoms in total. The third-order valence-corrected chi connectivity index (χ3v) is 6.23. The number of rotatable bonds is 1. The molecule has 0 spiro atoms. The minimum atomic E-state index is -0.558. The minimum absolute atomic E-state index is 0.558. The molecule has 0 aromatic carbocycles. The van der Waals surface area contributed by atoms with Crippen molar-refractivity contribution in [2.24, 2.45) is 0 Å². The van der Waals surface area contributed by atoms with E-state index in [-0.39, 0.29) is 0 Å². The lowest BCUT2D eigenvalue weighted by molar-refractivity contribution is 0.00280. The number of thiophene rings is 1. The average molecular weight is 340 g/mol. The smallest absolute Gasteiger partial charge is 0.0988 e. The first-order valence-electron chi connectivity index (χ1n) is 4.79. The van der Waals surface area contributed by atoms with Crippen LogP contribution in [0.5, 0.6) is 0 Å². The second-order valence-corrected chi connectivity index (χ2v) is 7.05. The molecule has 2 rings (SSSR count). The molecule has 14 heavy (non-hydrogen) atoms. The Morgan fingerprint density at radius 3 is 2.36 bits per heavy atom. The van der Waals surface area contributed by atoms with Crippen LogP contribution < -0.4 is 0 Å². The first-order chi connectivity index (χ1) is 6.62. The van der Waals surface area contributed by atoms with Gasteiger partial charge in [0.05, 0.1) is 9.39 Å². The van der Waals surface area contributed by atoms with Crippen molar-refractivity contribution in [2.45, 2.75) is 37.7 Å². The predicted molar refractivity (Wildman–Crippen MR) is 66.7 cm³/mol. The van der Waals surface area contributed by atoms with Gasteiger partial charge >= 0.3 is 0 Å². The molecule has 0 aliphatic heterocycles. The van der Waals surface area contributed by atoms with E-state index in [1.54, 1.807) is 11.3 Å². The zero-order valence-electron chi connectivity index (χ0n) is 7.72. The molecule has 78 valence electrons. The molecule has 1 fully saturated rings. The van der Waals surface area contributed by atoms with Gasteiger partial charge in [-0.2, -0.15) is 0 Å². The summed E-state index contributed by atoms with van der Waals surface area (Å²) in [6.45, 7) is 0. The molecule has 1 heterocycles. The lowest BCUT2D eigenvalue weighted by Crippen LogP contribution is -2.27. The summed E-state index contributed by atoms with van der Waals surface area (Å²) in [7, 11) is 0. The number of hydrogen-bond acceptors (Lipinski definition) is 2. The maximum Gasteiger partial charge on any atom is 0.0988 e.